The van der Waals surface area contributed by atoms with Gasteiger partial charge in [-0.25, -0.2) is 10.1 Å². The van der Waals surface area contributed by atoms with Gasteiger partial charge in [-0.1, -0.05) is 45.4 Å². The summed E-state index contributed by atoms with van der Waals surface area (Å²) < 4.78 is 0. The van der Waals surface area contributed by atoms with Crippen molar-refractivity contribution in [3.05, 3.63) is 0 Å². The van der Waals surface area contributed by atoms with Crippen molar-refractivity contribution in [2.75, 3.05) is 6.61 Å². The molecular weight excluding hydrogens is 258 g/mol. The summed E-state index contributed by atoms with van der Waals surface area (Å²) in [7, 11) is 0. The minimum Gasteiger partial charge on any atom is -0.328 e. The topological polar surface area (TPSA) is 73.9 Å². The molecule has 5 nitrogen and oxygen atoms in total. The standard InChI is InChI=1S/C12H27NO4.ClH/c1-2-9-12(13)10-7-5-3-4-6-8-11-15-17-16-14;/h12,14H,2-11,13H2,1H3;1H. The van der Waals surface area contributed by atoms with Gasteiger partial charge in [-0.2, -0.15) is 0 Å². The Hall–Kier alpha value is 0.0900. The van der Waals surface area contributed by atoms with E-state index < -0.39 is 0 Å². The SMILES string of the molecule is CCCC(N)CCCCCCCCOOOO.Cl. The third kappa shape index (κ3) is 16.1. The van der Waals surface area contributed by atoms with Crippen LogP contribution >= 0.6 is 12.4 Å². The second-order valence-electron chi connectivity index (χ2n) is 4.42. The number of halogens is 1. The average Bonchev–Trinajstić information content (AvgIpc) is 2.32. The van der Waals surface area contributed by atoms with Gasteiger partial charge < -0.3 is 5.73 Å². The lowest BCUT2D eigenvalue weighted by atomic mass is 10.0. The van der Waals surface area contributed by atoms with Gasteiger partial charge in [0.1, 0.15) is 0 Å². The van der Waals surface area contributed by atoms with Crippen LogP contribution < -0.4 is 5.73 Å². The Bertz CT molecular complexity index is 152. The van der Waals surface area contributed by atoms with E-state index in [-0.39, 0.29) is 12.4 Å². The second kappa shape index (κ2) is 17.1. The van der Waals surface area contributed by atoms with E-state index in [2.05, 4.69) is 21.9 Å². The van der Waals surface area contributed by atoms with Gasteiger partial charge in [0.25, 0.3) is 0 Å². The Balaban J connectivity index is 0. The third-order valence-corrected chi connectivity index (χ3v) is 2.79. The van der Waals surface area contributed by atoms with E-state index in [9.17, 15) is 0 Å². The van der Waals surface area contributed by atoms with E-state index in [0.717, 1.165) is 25.7 Å². The maximum atomic E-state index is 7.79. The minimum absolute atomic E-state index is 0. The molecule has 0 aromatic heterocycles. The van der Waals surface area contributed by atoms with Crippen LogP contribution in [0.3, 0.4) is 0 Å². The van der Waals surface area contributed by atoms with Crippen LogP contribution in [-0.4, -0.2) is 17.9 Å². The lowest BCUT2D eigenvalue weighted by Crippen LogP contribution is -2.18. The van der Waals surface area contributed by atoms with E-state index in [1.54, 1.807) is 0 Å². The van der Waals surface area contributed by atoms with Crippen molar-refractivity contribution in [2.45, 2.75) is 70.8 Å². The molecule has 18 heavy (non-hydrogen) atoms. The lowest BCUT2D eigenvalue weighted by Gasteiger charge is -2.09. The fraction of sp³-hybridized carbons (Fsp3) is 1.00. The first-order chi connectivity index (χ1) is 8.31. The molecule has 3 N–H and O–H groups in total. The van der Waals surface area contributed by atoms with Crippen molar-refractivity contribution < 1.29 is 20.2 Å². The number of hydrogen-bond donors (Lipinski definition) is 2. The van der Waals surface area contributed by atoms with Crippen molar-refractivity contribution in [2.24, 2.45) is 5.73 Å². The van der Waals surface area contributed by atoms with Crippen LogP contribution in [0.25, 0.3) is 0 Å². The molecule has 0 aliphatic heterocycles. The Kier molecular flexibility index (Phi) is 19.4. The van der Waals surface area contributed by atoms with Crippen LogP contribution in [0.15, 0.2) is 0 Å². The molecule has 1 unspecified atom stereocenters. The fourth-order valence-electron chi connectivity index (χ4n) is 1.85. The predicted octanol–water partition coefficient (Wildman–Crippen LogP) is 3.62. The van der Waals surface area contributed by atoms with Crippen molar-refractivity contribution in [1.82, 2.24) is 0 Å². The van der Waals surface area contributed by atoms with E-state index in [1.165, 1.54) is 32.1 Å². The maximum Gasteiger partial charge on any atom is 0.0854 e. The molecule has 0 radical (unpaired) electrons. The summed E-state index contributed by atoms with van der Waals surface area (Å²) in [5.74, 6) is 0. The molecule has 0 saturated heterocycles. The summed E-state index contributed by atoms with van der Waals surface area (Å²) in [6.07, 6.45) is 10.4. The van der Waals surface area contributed by atoms with Crippen LogP contribution in [0, 0.1) is 0 Å². The van der Waals surface area contributed by atoms with Gasteiger partial charge in [0.2, 0.25) is 0 Å². The summed E-state index contributed by atoms with van der Waals surface area (Å²) in [5, 5.41) is 15.0. The van der Waals surface area contributed by atoms with Gasteiger partial charge in [0.05, 0.1) is 6.61 Å². The number of unbranched alkanes of at least 4 members (excludes halogenated alkanes) is 5. The van der Waals surface area contributed by atoms with Crippen molar-refractivity contribution >= 4 is 12.4 Å². The van der Waals surface area contributed by atoms with E-state index in [4.69, 9.17) is 11.0 Å². The number of hydrogen-bond acceptors (Lipinski definition) is 5. The first-order valence-electron chi connectivity index (χ1n) is 6.66. The molecule has 0 aliphatic carbocycles. The van der Waals surface area contributed by atoms with Crippen molar-refractivity contribution in [1.29, 1.82) is 0 Å². The molecule has 0 aromatic rings. The van der Waals surface area contributed by atoms with Gasteiger partial charge in [-0.3, -0.25) is 0 Å². The molecule has 0 aromatic carbocycles. The monoisotopic (exact) mass is 285 g/mol. The third-order valence-electron chi connectivity index (χ3n) is 2.79. The van der Waals surface area contributed by atoms with Crippen LogP contribution in [-0.2, 0) is 15.0 Å². The molecule has 0 fully saturated rings. The highest BCUT2D eigenvalue weighted by Gasteiger charge is 2.00. The molecule has 0 spiro atoms. The van der Waals surface area contributed by atoms with Crippen LogP contribution in [0.1, 0.15) is 64.7 Å². The number of nitrogens with two attached hydrogens (primary N) is 1. The van der Waals surface area contributed by atoms with E-state index in [0.29, 0.717) is 12.6 Å². The Morgan fingerprint density at radius 3 is 2.22 bits per heavy atom. The van der Waals surface area contributed by atoms with Crippen molar-refractivity contribution in [3.63, 3.8) is 0 Å². The smallest absolute Gasteiger partial charge is 0.0854 e. The highest BCUT2D eigenvalue weighted by molar-refractivity contribution is 5.85. The Morgan fingerprint density at radius 1 is 1.00 bits per heavy atom. The van der Waals surface area contributed by atoms with Crippen LogP contribution in [0.2, 0.25) is 0 Å². The summed E-state index contributed by atoms with van der Waals surface area (Å²) in [6.45, 7) is 2.62. The lowest BCUT2D eigenvalue weighted by molar-refractivity contribution is -0.623. The molecule has 6 heteroatoms. The van der Waals surface area contributed by atoms with Gasteiger partial charge in [0, 0.05) is 6.04 Å². The molecule has 0 heterocycles. The maximum absolute atomic E-state index is 7.79. The summed E-state index contributed by atoms with van der Waals surface area (Å²) in [5.41, 5.74) is 5.93. The quantitative estimate of drug-likeness (QED) is 0.307. The van der Waals surface area contributed by atoms with E-state index >= 15 is 0 Å². The largest absolute Gasteiger partial charge is 0.328 e. The zero-order valence-electron chi connectivity index (χ0n) is 11.3. The first-order valence-corrected chi connectivity index (χ1v) is 6.66. The van der Waals surface area contributed by atoms with Crippen molar-refractivity contribution in [3.8, 4) is 0 Å². The fourth-order valence-corrected chi connectivity index (χ4v) is 1.85. The zero-order valence-corrected chi connectivity index (χ0v) is 12.1. The average molecular weight is 286 g/mol. The van der Waals surface area contributed by atoms with Gasteiger partial charge in [-0.15, -0.1) is 12.4 Å². The van der Waals surface area contributed by atoms with E-state index in [1.807, 2.05) is 0 Å². The van der Waals surface area contributed by atoms with Gasteiger partial charge in [0.15, 0.2) is 0 Å². The predicted molar refractivity (Wildman–Crippen MR) is 73.2 cm³/mol. The molecule has 112 valence electrons. The van der Waals surface area contributed by atoms with Gasteiger partial charge in [-0.05, 0) is 29.3 Å². The summed E-state index contributed by atoms with van der Waals surface area (Å²) in [4.78, 5) is 4.48. The molecule has 0 aliphatic rings. The molecule has 0 amide bonds. The second-order valence-corrected chi connectivity index (χ2v) is 4.42. The van der Waals surface area contributed by atoms with Crippen LogP contribution in [0.4, 0.5) is 0 Å². The molecule has 0 rings (SSSR count). The number of rotatable bonds is 13. The summed E-state index contributed by atoms with van der Waals surface area (Å²) in [6, 6.07) is 0.393. The van der Waals surface area contributed by atoms with Gasteiger partial charge >= 0.3 is 0 Å². The molecule has 1 atom stereocenters. The summed E-state index contributed by atoms with van der Waals surface area (Å²) >= 11 is 0. The minimum atomic E-state index is 0. The molecule has 0 saturated carbocycles. The normalized spacial score (nSPS) is 12.2. The molecular formula is C12H28ClNO4. The van der Waals surface area contributed by atoms with Crippen LogP contribution in [0.5, 0.6) is 0 Å². The first kappa shape index (κ1) is 20.4. The Morgan fingerprint density at radius 2 is 1.61 bits per heavy atom. The zero-order chi connectivity index (χ0) is 12.8. The Labute approximate surface area is 116 Å². The highest BCUT2D eigenvalue weighted by Crippen LogP contribution is 2.10. The highest BCUT2D eigenvalue weighted by atomic mass is 35.5. The molecule has 0 bridgehead atoms.